The van der Waals surface area contributed by atoms with E-state index < -0.39 is 10.0 Å². The monoisotopic (exact) mass is 439 g/mol. The van der Waals surface area contributed by atoms with Crippen LogP contribution in [0, 0.1) is 0 Å². The minimum atomic E-state index is -3.84. The Labute approximate surface area is 174 Å². The molecule has 2 aliphatic heterocycles. The summed E-state index contributed by atoms with van der Waals surface area (Å²) in [4.78, 5) is 3.97. The van der Waals surface area contributed by atoms with Gasteiger partial charge in [-0.3, -0.25) is 0 Å². The van der Waals surface area contributed by atoms with Crippen molar-refractivity contribution in [3.05, 3.63) is 52.0 Å². The Morgan fingerprint density at radius 1 is 1.14 bits per heavy atom. The summed E-state index contributed by atoms with van der Waals surface area (Å²) in [6.07, 6.45) is 1.80. The van der Waals surface area contributed by atoms with Gasteiger partial charge in [0.05, 0.1) is 28.9 Å². The maximum atomic E-state index is 12.9. The zero-order valence-corrected chi connectivity index (χ0v) is 17.7. The molecule has 9 heteroatoms. The maximum absolute atomic E-state index is 12.9. The molecule has 1 saturated heterocycles. The number of guanidine groups is 1. The fraction of sp³-hybridized carbons (Fsp3) is 0.316. The molecule has 1 atom stereocenters. The first-order valence-corrected chi connectivity index (χ1v) is 11.0. The van der Waals surface area contributed by atoms with E-state index in [2.05, 4.69) is 4.40 Å². The summed E-state index contributed by atoms with van der Waals surface area (Å²) in [6.45, 7) is 0.703. The summed E-state index contributed by atoms with van der Waals surface area (Å²) in [5.74, 6) is 0.885. The SMILES string of the molecule is COc1ccc2c(c1)S(=O)(=O)N=C(N1CCCC1c1ccc(Cl)c(Cl)c1)N2C. The molecule has 0 amide bonds. The highest BCUT2D eigenvalue weighted by Gasteiger charge is 2.37. The van der Waals surface area contributed by atoms with Gasteiger partial charge in [-0.15, -0.1) is 4.40 Å². The number of hydrogen-bond donors (Lipinski definition) is 0. The molecule has 0 spiro atoms. The van der Waals surface area contributed by atoms with Gasteiger partial charge >= 0.3 is 0 Å². The molecular weight excluding hydrogens is 421 g/mol. The minimum absolute atomic E-state index is 0.0223. The Bertz CT molecular complexity index is 1070. The number of sulfonamides is 1. The van der Waals surface area contributed by atoms with Crippen molar-refractivity contribution in [3.63, 3.8) is 0 Å². The molecule has 0 radical (unpaired) electrons. The molecule has 1 unspecified atom stereocenters. The topological polar surface area (TPSA) is 62.2 Å². The molecule has 28 heavy (non-hydrogen) atoms. The number of benzene rings is 2. The highest BCUT2D eigenvalue weighted by molar-refractivity contribution is 7.90. The molecule has 0 aliphatic carbocycles. The van der Waals surface area contributed by atoms with E-state index in [-0.39, 0.29) is 10.9 Å². The summed E-state index contributed by atoms with van der Waals surface area (Å²) in [5.41, 5.74) is 1.56. The van der Waals surface area contributed by atoms with Crippen molar-refractivity contribution in [1.82, 2.24) is 4.90 Å². The molecule has 6 nitrogen and oxygen atoms in total. The van der Waals surface area contributed by atoms with Crippen LogP contribution in [0.5, 0.6) is 5.75 Å². The van der Waals surface area contributed by atoms with Gasteiger partial charge < -0.3 is 14.5 Å². The van der Waals surface area contributed by atoms with Gasteiger partial charge in [-0.1, -0.05) is 29.3 Å². The predicted octanol–water partition coefficient (Wildman–Crippen LogP) is 4.33. The van der Waals surface area contributed by atoms with Crippen molar-refractivity contribution in [1.29, 1.82) is 0 Å². The Morgan fingerprint density at radius 3 is 2.64 bits per heavy atom. The first-order chi connectivity index (χ1) is 13.3. The molecule has 0 N–H and O–H groups in total. The Balaban J connectivity index is 1.76. The van der Waals surface area contributed by atoms with Gasteiger partial charge in [-0.05, 0) is 42.7 Å². The molecule has 1 fully saturated rings. The van der Waals surface area contributed by atoms with Gasteiger partial charge in [-0.25, -0.2) is 0 Å². The van der Waals surface area contributed by atoms with Crippen LogP contribution in [0.4, 0.5) is 5.69 Å². The fourth-order valence-corrected chi connectivity index (χ4v) is 5.33. The number of halogens is 2. The van der Waals surface area contributed by atoms with Gasteiger partial charge in [0.25, 0.3) is 10.0 Å². The zero-order valence-electron chi connectivity index (χ0n) is 15.4. The van der Waals surface area contributed by atoms with Crippen LogP contribution in [0.2, 0.25) is 10.0 Å². The van der Waals surface area contributed by atoms with Crippen LogP contribution in [-0.4, -0.2) is 40.0 Å². The van der Waals surface area contributed by atoms with Crippen LogP contribution in [0.15, 0.2) is 45.7 Å². The lowest BCUT2D eigenvalue weighted by atomic mass is 10.0. The smallest absolute Gasteiger partial charge is 0.287 e. The molecule has 2 aromatic carbocycles. The number of nitrogens with zero attached hydrogens (tertiary/aromatic N) is 3. The van der Waals surface area contributed by atoms with Gasteiger partial charge in [0.1, 0.15) is 10.6 Å². The van der Waals surface area contributed by atoms with E-state index in [9.17, 15) is 8.42 Å². The third kappa shape index (κ3) is 3.21. The molecular formula is C19H19Cl2N3O3S. The Hall–Kier alpha value is -1.96. The molecule has 2 aromatic rings. The van der Waals surface area contributed by atoms with E-state index in [0.29, 0.717) is 34.0 Å². The minimum Gasteiger partial charge on any atom is -0.497 e. The second-order valence-corrected chi connectivity index (χ2v) is 9.17. The van der Waals surface area contributed by atoms with Crippen LogP contribution >= 0.6 is 23.2 Å². The van der Waals surface area contributed by atoms with Gasteiger partial charge in [0.15, 0.2) is 0 Å². The number of ether oxygens (including phenoxy) is 1. The highest BCUT2D eigenvalue weighted by atomic mass is 35.5. The lowest BCUT2D eigenvalue weighted by molar-refractivity contribution is 0.393. The van der Waals surface area contributed by atoms with E-state index in [1.807, 2.05) is 29.0 Å². The van der Waals surface area contributed by atoms with E-state index in [1.165, 1.54) is 13.2 Å². The second-order valence-electron chi connectivity index (χ2n) is 6.78. The molecule has 0 saturated carbocycles. The average molecular weight is 440 g/mol. The van der Waals surface area contributed by atoms with Crippen molar-refractivity contribution < 1.29 is 13.2 Å². The summed E-state index contributed by atoms with van der Waals surface area (Å²) < 4.78 is 35.0. The first kappa shape index (κ1) is 19.4. The molecule has 4 rings (SSSR count). The lowest BCUT2D eigenvalue weighted by Crippen LogP contribution is -2.45. The molecule has 0 aromatic heterocycles. The zero-order chi connectivity index (χ0) is 20.1. The predicted molar refractivity (Wildman–Crippen MR) is 111 cm³/mol. The van der Waals surface area contributed by atoms with Crippen LogP contribution in [0.1, 0.15) is 24.4 Å². The van der Waals surface area contributed by atoms with Crippen molar-refractivity contribution in [2.45, 2.75) is 23.8 Å². The highest BCUT2D eigenvalue weighted by Crippen LogP contribution is 2.39. The summed E-state index contributed by atoms with van der Waals surface area (Å²) in [7, 11) is -0.513. The Kier molecular flexibility index (Phi) is 4.93. The largest absolute Gasteiger partial charge is 0.497 e. The maximum Gasteiger partial charge on any atom is 0.287 e. The van der Waals surface area contributed by atoms with Crippen LogP contribution in [0.3, 0.4) is 0 Å². The van der Waals surface area contributed by atoms with Crippen molar-refractivity contribution in [3.8, 4) is 5.75 Å². The van der Waals surface area contributed by atoms with E-state index >= 15 is 0 Å². The summed E-state index contributed by atoms with van der Waals surface area (Å²) in [6, 6.07) is 10.5. The van der Waals surface area contributed by atoms with Crippen LogP contribution < -0.4 is 9.64 Å². The van der Waals surface area contributed by atoms with Gasteiger partial charge in [0, 0.05) is 19.7 Å². The third-order valence-corrected chi connectivity index (χ3v) is 7.17. The number of rotatable bonds is 2. The van der Waals surface area contributed by atoms with Crippen molar-refractivity contribution in [2.75, 3.05) is 25.6 Å². The fourth-order valence-electron chi connectivity index (χ4n) is 3.75. The third-order valence-electron chi connectivity index (χ3n) is 5.15. The normalized spacial score (nSPS) is 20.7. The number of hydrogen-bond acceptors (Lipinski definition) is 5. The van der Waals surface area contributed by atoms with E-state index in [4.69, 9.17) is 27.9 Å². The Morgan fingerprint density at radius 2 is 1.93 bits per heavy atom. The second kappa shape index (κ2) is 7.13. The first-order valence-electron chi connectivity index (χ1n) is 8.80. The van der Waals surface area contributed by atoms with Crippen LogP contribution in [-0.2, 0) is 10.0 Å². The van der Waals surface area contributed by atoms with Crippen molar-refractivity contribution >= 4 is 44.9 Å². The number of methoxy groups -OCH3 is 1. The average Bonchev–Trinajstić information content (AvgIpc) is 3.16. The summed E-state index contributed by atoms with van der Waals surface area (Å²) in [5, 5.41) is 0.975. The molecule has 148 valence electrons. The summed E-state index contributed by atoms with van der Waals surface area (Å²) >= 11 is 12.2. The molecule has 2 aliphatic rings. The number of likely N-dealkylation sites (tertiary alicyclic amines) is 1. The van der Waals surface area contributed by atoms with Crippen molar-refractivity contribution in [2.24, 2.45) is 4.40 Å². The van der Waals surface area contributed by atoms with Gasteiger partial charge in [-0.2, -0.15) is 8.42 Å². The standard InChI is InChI=1S/C19H19Cl2N3O3S/c1-23-17-8-6-13(27-2)11-18(17)28(25,26)22-19(23)24-9-3-4-16(24)12-5-7-14(20)15(21)10-12/h5-8,10-11,16H,3-4,9H2,1-2H3. The van der Waals surface area contributed by atoms with Crippen LogP contribution in [0.25, 0.3) is 0 Å². The number of fused-ring (bicyclic) bond motifs is 1. The molecule has 0 bridgehead atoms. The van der Waals surface area contributed by atoms with E-state index in [1.54, 1.807) is 18.2 Å². The quantitative estimate of drug-likeness (QED) is 0.696. The van der Waals surface area contributed by atoms with Gasteiger partial charge in [0.2, 0.25) is 5.96 Å². The van der Waals surface area contributed by atoms with E-state index in [0.717, 1.165) is 18.4 Å². The lowest BCUT2D eigenvalue weighted by Gasteiger charge is -2.36. The molecule has 2 heterocycles. The number of anilines is 1.